The number of phenols is 1. The summed E-state index contributed by atoms with van der Waals surface area (Å²) in [4.78, 5) is -0.298. The lowest BCUT2D eigenvalue weighted by Crippen LogP contribution is -2.00. The van der Waals surface area contributed by atoms with Crippen LogP contribution in [0, 0.1) is 20.8 Å². The minimum absolute atomic E-state index is 0.0397. The van der Waals surface area contributed by atoms with E-state index in [1.54, 1.807) is 32.0 Å². The van der Waals surface area contributed by atoms with Crippen molar-refractivity contribution in [2.75, 3.05) is 5.32 Å². The second-order valence-electron chi connectivity index (χ2n) is 10.8. The van der Waals surface area contributed by atoms with Crippen molar-refractivity contribution in [1.29, 1.82) is 0 Å². The number of hydrogen-bond donors (Lipinski definition) is 3. The molecular formula is C35H29N5O4S. The van der Waals surface area contributed by atoms with Gasteiger partial charge >= 0.3 is 0 Å². The van der Waals surface area contributed by atoms with Gasteiger partial charge in [-0.3, -0.25) is 4.55 Å². The molecule has 0 aromatic heterocycles. The Morgan fingerprint density at radius 2 is 1.20 bits per heavy atom. The molecule has 0 saturated carbocycles. The van der Waals surface area contributed by atoms with Gasteiger partial charge < -0.3 is 10.4 Å². The first-order chi connectivity index (χ1) is 21.6. The number of nitrogens with one attached hydrogen (secondary N) is 1. The van der Waals surface area contributed by atoms with Crippen LogP contribution in [0.1, 0.15) is 16.7 Å². The second kappa shape index (κ2) is 11.9. The largest absolute Gasteiger partial charge is 0.505 e. The maximum Gasteiger partial charge on any atom is 0.296 e. The van der Waals surface area contributed by atoms with Crippen molar-refractivity contribution in [3.63, 3.8) is 0 Å². The lowest BCUT2D eigenvalue weighted by Gasteiger charge is -2.11. The molecule has 0 saturated heterocycles. The first-order valence-electron chi connectivity index (χ1n) is 14.1. The highest BCUT2D eigenvalue weighted by Crippen LogP contribution is 2.41. The quantitative estimate of drug-likeness (QED) is 0.121. The molecule has 0 aliphatic rings. The Labute approximate surface area is 260 Å². The Balaban J connectivity index is 1.34. The molecule has 0 aliphatic heterocycles. The van der Waals surface area contributed by atoms with Gasteiger partial charge in [0.2, 0.25) is 0 Å². The molecular weight excluding hydrogens is 586 g/mol. The zero-order chi connectivity index (χ0) is 31.7. The Morgan fingerprint density at radius 1 is 0.600 bits per heavy atom. The molecule has 6 aromatic carbocycles. The SMILES string of the molecule is Cc1cc(C)c(N=Nc2ccc(N=Nc3c(C)cc4cc(Nc5ccccc5)ccc4c3O)c3ccccc23)c(S(=O)(=O)O)c1. The zero-order valence-electron chi connectivity index (χ0n) is 24.7. The van der Waals surface area contributed by atoms with Crippen LogP contribution >= 0.6 is 0 Å². The number of hydrogen-bond acceptors (Lipinski definition) is 8. The minimum atomic E-state index is -4.51. The van der Waals surface area contributed by atoms with Gasteiger partial charge in [-0.15, -0.1) is 20.5 Å². The summed E-state index contributed by atoms with van der Waals surface area (Å²) in [5, 5.41) is 35.1. The number of fused-ring (bicyclic) bond motifs is 2. The third kappa shape index (κ3) is 6.14. The summed E-state index contributed by atoms with van der Waals surface area (Å²) >= 11 is 0. The van der Waals surface area contributed by atoms with Gasteiger partial charge in [-0.1, -0.05) is 48.5 Å². The molecule has 0 heterocycles. The molecule has 6 aromatic rings. The van der Waals surface area contributed by atoms with Gasteiger partial charge in [0.25, 0.3) is 10.1 Å². The number of anilines is 2. The number of benzene rings is 6. The molecule has 0 amide bonds. The summed E-state index contributed by atoms with van der Waals surface area (Å²) in [5.74, 6) is 0.0397. The third-order valence-corrected chi connectivity index (χ3v) is 8.29. The van der Waals surface area contributed by atoms with E-state index in [1.807, 2.05) is 85.8 Å². The van der Waals surface area contributed by atoms with Gasteiger partial charge in [0.1, 0.15) is 16.3 Å². The van der Waals surface area contributed by atoms with Crippen LogP contribution < -0.4 is 5.32 Å². The molecule has 6 rings (SSSR count). The topological polar surface area (TPSA) is 136 Å². The van der Waals surface area contributed by atoms with Crippen molar-refractivity contribution in [3.8, 4) is 5.75 Å². The maximum absolute atomic E-state index is 12.0. The number of aryl methyl sites for hydroxylation is 3. The van der Waals surface area contributed by atoms with Gasteiger partial charge in [-0.2, -0.15) is 8.42 Å². The predicted octanol–water partition coefficient (Wildman–Crippen LogP) is 10.4. The summed E-state index contributed by atoms with van der Waals surface area (Å²) in [7, 11) is -4.51. The molecule has 10 heteroatoms. The molecule has 0 spiro atoms. The van der Waals surface area contributed by atoms with Crippen molar-refractivity contribution >= 4 is 65.8 Å². The highest BCUT2D eigenvalue weighted by molar-refractivity contribution is 7.86. The van der Waals surface area contributed by atoms with Gasteiger partial charge in [0.15, 0.2) is 5.75 Å². The van der Waals surface area contributed by atoms with Crippen molar-refractivity contribution in [2.45, 2.75) is 25.7 Å². The lowest BCUT2D eigenvalue weighted by atomic mass is 10.0. The highest BCUT2D eigenvalue weighted by Gasteiger charge is 2.18. The summed E-state index contributed by atoms with van der Waals surface area (Å²) in [6.45, 7) is 5.33. The smallest absolute Gasteiger partial charge is 0.296 e. The van der Waals surface area contributed by atoms with Gasteiger partial charge in [0.05, 0.1) is 11.4 Å². The number of rotatable bonds is 7. The van der Waals surface area contributed by atoms with Crippen LogP contribution in [-0.4, -0.2) is 18.1 Å². The predicted molar refractivity (Wildman–Crippen MR) is 178 cm³/mol. The van der Waals surface area contributed by atoms with Crippen LogP contribution in [0.25, 0.3) is 21.5 Å². The highest BCUT2D eigenvalue weighted by atomic mass is 32.2. The second-order valence-corrected chi connectivity index (χ2v) is 12.2. The Bertz CT molecular complexity index is 2270. The fourth-order valence-corrected chi connectivity index (χ4v) is 6.08. The molecule has 224 valence electrons. The van der Waals surface area contributed by atoms with E-state index in [0.717, 1.165) is 27.7 Å². The van der Waals surface area contributed by atoms with E-state index >= 15 is 0 Å². The molecule has 45 heavy (non-hydrogen) atoms. The molecule has 0 aliphatic carbocycles. The van der Waals surface area contributed by atoms with Crippen LogP contribution in [-0.2, 0) is 10.1 Å². The molecule has 0 fully saturated rings. The fraction of sp³-hybridized carbons (Fsp3) is 0.0857. The van der Waals surface area contributed by atoms with E-state index in [1.165, 1.54) is 6.07 Å². The van der Waals surface area contributed by atoms with Crippen molar-refractivity contribution in [1.82, 2.24) is 0 Å². The summed E-state index contributed by atoms with van der Waals surface area (Å²) in [6, 6.07) is 31.6. The lowest BCUT2D eigenvalue weighted by molar-refractivity contribution is 0.481. The van der Waals surface area contributed by atoms with Crippen LogP contribution in [0.3, 0.4) is 0 Å². The van der Waals surface area contributed by atoms with Crippen molar-refractivity contribution < 1.29 is 18.1 Å². The van der Waals surface area contributed by atoms with Crippen molar-refractivity contribution in [3.05, 3.63) is 120 Å². The van der Waals surface area contributed by atoms with Gasteiger partial charge in [-0.05, 0) is 97.4 Å². The summed E-state index contributed by atoms with van der Waals surface area (Å²) in [6.07, 6.45) is 0. The number of azo groups is 2. The first kappa shape index (κ1) is 29.6. The molecule has 0 bridgehead atoms. The zero-order valence-corrected chi connectivity index (χ0v) is 25.5. The number of nitrogens with zero attached hydrogens (tertiary/aromatic N) is 4. The normalized spacial score (nSPS) is 12.1. The van der Waals surface area contributed by atoms with E-state index < -0.39 is 10.1 Å². The van der Waals surface area contributed by atoms with Crippen molar-refractivity contribution in [2.24, 2.45) is 20.5 Å². The monoisotopic (exact) mass is 615 g/mol. The van der Waals surface area contributed by atoms with Crippen LogP contribution in [0.4, 0.5) is 34.1 Å². The summed E-state index contributed by atoms with van der Waals surface area (Å²) < 4.78 is 33.8. The van der Waals surface area contributed by atoms with Crippen LogP contribution in [0.5, 0.6) is 5.75 Å². The molecule has 9 nitrogen and oxygen atoms in total. The Kier molecular flexibility index (Phi) is 7.84. The van der Waals surface area contributed by atoms with E-state index in [2.05, 4.69) is 25.8 Å². The van der Waals surface area contributed by atoms with E-state index in [9.17, 15) is 18.1 Å². The van der Waals surface area contributed by atoms with Crippen LogP contribution in [0.2, 0.25) is 0 Å². The summed E-state index contributed by atoms with van der Waals surface area (Å²) in [5.41, 5.74) is 5.35. The average molecular weight is 616 g/mol. The molecule has 0 atom stereocenters. The van der Waals surface area contributed by atoms with E-state index in [0.29, 0.717) is 39.0 Å². The maximum atomic E-state index is 12.0. The third-order valence-electron chi connectivity index (χ3n) is 7.42. The van der Waals surface area contributed by atoms with Gasteiger partial charge in [0, 0.05) is 27.5 Å². The molecule has 3 N–H and O–H groups in total. The van der Waals surface area contributed by atoms with Crippen LogP contribution in [0.15, 0.2) is 128 Å². The standard InChI is InChI=1S/C35H29N5O4S/c1-21-17-22(2)33(32(18-21)45(42,43)44)39-37-30-15-16-31(29-12-8-7-11-28(29)30)38-40-34-23(3)19-24-20-26(13-14-27(24)35(34)41)36-25-9-5-4-6-10-25/h4-20,36,41H,1-3H3,(H,42,43,44). The fourth-order valence-electron chi connectivity index (χ4n) is 5.30. The van der Waals surface area contributed by atoms with E-state index in [-0.39, 0.29) is 16.3 Å². The Morgan fingerprint density at radius 3 is 1.84 bits per heavy atom. The molecule has 0 radical (unpaired) electrons. The average Bonchev–Trinajstić information content (AvgIpc) is 3.00. The van der Waals surface area contributed by atoms with Gasteiger partial charge in [-0.25, -0.2) is 0 Å². The van der Waals surface area contributed by atoms with E-state index in [4.69, 9.17) is 0 Å². The number of para-hydroxylation sites is 1. The minimum Gasteiger partial charge on any atom is -0.505 e. The Hall–Kier alpha value is -5.45. The number of phenolic OH excluding ortho intramolecular Hbond substituents is 1. The number of aromatic hydroxyl groups is 1. The first-order valence-corrected chi connectivity index (χ1v) is 15.5. The molecule has 0 unspecified atom stereocenters.